The zero-order chi connectivity index (χ0) is 17.9. The highest BCUT2D eigenvalue weighted by atomic mass is 32.2. The molecule has 0 saturated carbocycles. The number of hydrogen-bond donors (Lipinski definition) is 2. The quantitative estimate of drug-likeness (QED) is 0.873. The number of rotatable bonds is 5. The van der Waals surface area contributed by atoms with Crippen molar-refractivity contribution >= 4 is 21.6 Å². The predicted molar refractivity (Wildman–Crippen MR) is 96.7 cm³/mol. The average Bonchev–Trinajstić information content (AvgIpc) is 2.48. The van der Waals surface area contributed by atoms with Gasteiger partial charge in [-0.2, -0.15) is 0 Å². The van der Waals surface area contributed by atoms with Gasteiger partial charge >= 0.3 is 0 Å². The maximum Gasteiger partial charge on any atom is 0.251 e. The van der Waals surface area contributed by atoms with Gasteiger partial charge in [-0.05, 0) is 50.1 Å². The van der Waals surface area contributed by atoms with E-state index in [0.29, 0.717) is 11.3 Å². The Hall–Kier alpha value is -2.34. The van der Waals surface area contributed by atoms with Crippen molar-refractivity contribution in [1.82, 2.24) is 5.32 Å². The molecule has 2 aromatic carbocycles. The number of amides is 1. The fourth-order valence-corrected chi connectivity index (χ4v) is 3.08. The molecule has 0 saturated heterocycles. The summed E-state index contributed by atoms with van der Waals surface area (Å²) in [5.74, 6) is -0.249. The zero-order valence-electron chi connectivity index (χ0n) is 14.3. The van der Waals surface area contributed by atoms with Crippen LogP contribution in [0.3, 0.4) is 0 Å². The highest BCUT2D eigenvalue weighted by Gasteiger charge is 2.14. The van der Waals surface area contributed by atoms with E-state index in [0.717, 1.165) is 22.9 Å². The van der Waals surface area contributed by atoms with Gasteiger partial charge in [0.1, 0.15) is 0 Å². The standard InChI is InChI=1S/C18H22N2O3S/c1-12-8-9-13(2)17(10-12)14(3)19-18(21)15-6-5-7-16(11-15)20-24(4,22)23/h5-11,14,20H,1-4H3,(H,19,21)/t14-/m0/s1. The molecule has 1 amide bonds. The minimum Gasteiger partial charge on any atom is -0.346 e. The molecule has 2 N–H and O–H groups in total. The summed E-state index contributed by atoms with van der Waals surface area (Å²) in [6.45, 7) is 5.95. The third-order valence-corrected chi connectivity index (χ3v) is 4.28. The van der Waals surface area contributed by atoms with E-state index in [1.54, 1.807) is 18.2 Å². The molecule has 0 aliphatic carbocycles. The Labute approximate surface area is 143 Å². The Morgan fingerprint density at radius 2 is 1.79 bits per heavy atom. The first-order chi connectivity index (χ1) is 11.2. The third kappa shape index (κ3) is 4.83. The van der Waals surface area contributed by atoms with Crippen molar-refractivity contribution in [2.75, 3.05) is 11.0 Å². The van der Waals surface area contributed by atoms with Gasteiger partial charge in [0.05, 0.1) is 12.3 Å². The zero-order valence-corrected chi connectivity index (χ0v) is 15.1. The first kappa shape index (κ1) is 18.0. The summed E-state index contributed by atoms with van der Waals surface area (Å²) in [6.07, 6.45) is 1.07. The maximum absolute atomic E-state index is 12.5. The van der Waals surface area contributed by atoms with Crippen LogP contribution in [0, 0.1) is 13.8 Å². The van der Waals surface area contributed by atoms with Crippen molar-refractivity contribution in [3.63, 3.8) is 0 Å². The Morgan fingerprint density at radius 1 is 1.08 bits per heavy atom. The first-order valence-electron chi connectivity index (χ1n) is 7.61. The first-order valence-corrected chi connectivity index (χ1v) is 9.51. The molecular weight excluding hydrogens is 324 g/mol. The normalized spacial score (nSPS) is 12.5. The van der Waals surface area contributed by atoms with Crippen molar-refractivity contribution in [1.29, 1.82) is 0 Å². The van der Waals surface area contributed by atoms with Crippen LogP contribution in [0.1, 0.15) is 40.0 Å². The number of benzene rings is 2. The molecule has 0 aliphatic heterocycles. The Bertz CT molecular complexity index is 860. The van der Waals surface area contributed by atoms with E-state index in [1.807, 2.05) is 32.9 Å². The van der Waals surface area contributed by atoms with Gasteiger partial charge in [0, 0.05) is 11.3 Å². The predicted octanol–water partition coefficient (Wildman–Crippen LogP) is 3.17. The van der Waals surface area contributed by atoms with Gasteiger partial charge in [-0.3, -0.25) is 9.52 Å². The van der Waals surface area contributed by atoms with E-state index in [2.05, 4.69) is 16.1 Å². The van der Waals surface area contributed by atoms with Gasteiger partial charge in [-0.15, -0.1) is 0 Å². The fraction of sp³-hybridized carbons (Fsp3) is 0.278. The maximum atomic E-state index is 12.5. The van der Waals surface area contributed by atoms with E-state index in [-0.39, 0.29) is 11.9 Å². The van der Waals surface area contributed by atoms with Gasteiger partial charge in [-0.25, -0.2) is 8.42 Å². The van der Waals surface area contributed by atoms with Crippen LogP contribution < -0.4 is 10.0 Å². The van der Waals surface area contributed by atoms with Crippen LogP contribution in [0.2, 0.25) is 0 Å². The lowest BCUT2D eigenvalue weighted by Gasteiger charge is -2.17. The Morgan fingerprint density at radius 3 is 2.46 bits per heavy atom. The number of nitrogens with one attached hydrogen (secondary N) is 2. The van der Waals surface area contributed by atoms with Crippen LogP contribution >= 0.6 is 0 Å². The van der Waals surface area contributed by atoms with E-state index in [4.69, 9.17) is 0 Å². The van der Waals surface area contributed by atoms with Crippen LogP contribution in [-0.2, 0) is 10.0 Å². The molecule has 0 fully saturated rings. The van der Waals surface area contributed by atoms with Gasteiger partial charge < -0.3 is 5.32 Å². The SMILES string of the molecule is Cc1ccc(C)c([C@H](C)NC(=O)c2cccc(NS(C)(=O)=O)c2)c1. The lowest BCUT2D eigenvalue weighted by molar-refractivity contribution is 0.0940. The summed E-state index contributed by atoms with van der Waals surface area (Å²) >= 11 is 0. The van der Waals surface area contributed by atoms with Gasteiger partial charge in [0.25, 0.3) is 5.91 Å². The highest BCUT2D eigenvalue weighted by molar-refractivity contribution is 7.92. The minimum atomic E-state index is -3.38. The molecule has 128 valence electrons. The van der Waals surface area contributed by atoms with E-state index in [9.17, 15) is 13.2 Å². The summed E-state index contributed by atoms with van der Waals surface area (Å²) in [5.41, 5.74) is 4.08. The van der Waals surface area contributed by atoms with Gasteiger partial charge in [-0.1, -0.05) is 29.8 Å². The number of carbonyl (C=O) groups is 1. The molecule has 0 aromatic heterocycles. The van der Waals surface area contributed by atoms with Crippen LogP contribution in [0.5, 0.6) is 0 Å². The topological polar surface area (TPSA) is 75.3 Å². The lowest BCUT2D eigenvalue weighted by Crippen LogP contribution is -2.27. The molecule has 0 unspecified atom stereocenters. The Kier molecular flexibility index (Phi) is 5.29. The Balaban J connectivity index is 2.17. The fourth-order valence-electron chi connectivity index (χ4n) is 2.52. The molecule has 0 aliphatic rings. The molecule has 0 spiro atoms. The monoisotopic (exact) mass is 346 g/mol. The van der Waals surface area contributed by atoms with Gasteiger partial charge in [0.2, 0.25) is 10.0 Å². The van der Waals surface area contributed by atoms with Crippen molar-refractivity contribution in [3.8, 4) is 0 Å². The van der Waals surface area contributed by atoms with Gasteiger partial charge in [0.15, 0.2) is 0 Å². The molecular formula is C18H22N2O3S. The summed E-state index contributed by atoms with van der Waals surface area (Å²) in [6, 6.07) is 12.4. The molecule has 0 radical (unpaired) electrons. The smallest absolute Gasteiger partial charge is 0.251 e. The third-order valence-electron chi connectivity index (χ3n) is 3.68. The molecule has 2 aromatic rings. The van der Waals surface area contributed by atoms with E-state index >= 15 is 0 Å². The number of hydrogen-bond acceptors (Lipinski definition) is 3. The molecule has 24 heavy (non-hydrogen) atoms. The largest absolute Gasteiger partial charge is 0.346 e. The summed E-state index contributed by atoms with van der Waals surface area (Å²) < 4.78 is 25.0. The summed E-state index contributed by atoms with van der Waals surface area (Å²) in [7, 11) is -3.38. The molecule has 0 bridgehead atoms. The van der Waals surface area contributed by atoms with E-state index in [1.165, 1.54) is 6.07 Å². The number of anilines is 1. The second-order valence-electron chi connectivity index (χ2n) is 6.01. The molecule has 0 heterocycles. The lowest BCUT2D eigenvalue weighted by atomic mass is 9.99. The number of carbonyl (C=O) groups excluding carboxylic acids is 1. The van der Waals surface area contributed by atoms with Crippen LogP contribution in [0.4, 0.5) is 5.69 Å². The van der Waals surface area contributed by atoms with Crippen molar-refractivity contribution in [2.24, 2.45) is 0 Å². The molecule has 1 atom stereocenters. The number of sulfonamides is 1. The number of aryl methyl sites for hydroxylation is 2. The van der Waals surface area contributed by atoms with Crippen LogP contribution in [0.25, 0.3) is 0 Å². The summed E-state index contributed by atoms with van der Waals surface area (Å²) in [5, 5.41) is 2.95. The van der Waals surface area contributed by atoms with Crippen LogP contribution in [0.15, 0.2) is 42.5 Å². The average molecular weight is 346 g/mol. The molecule has 2 rings (SSSR count). The molecule has 6 heteroatoms. The molecule has 5 nitrogen and oxygen atoms in total. The van der Waals surface area contributed by atoms with Crippen molar-refractivity contribution in [2.45, 2.75) is 26.8 Å². The summed E-state index contributed by atoms with van der Waals surface area (Å²) in [4.78, 5) is 12.5. The van der Waals surface area contributed by atoms with Crippen molar-refractivity contribution < 1.29 is 13.2 Å². The second-order valence-corrected chi connectivity index (χ2v) is 7.76. The minimum absolute atomic E-state index is 0.149. The highest BCUT2D eigenvalue weighted by Crippen LogP contribution is 2.20. The van der Waals surface area contributed by atoms with Crippen molar-refractivity contribution in [3.05, 3.63) is 64.7 Å². The second kappa shape index (κ2) is 7.05. The van der Waals surface area contributed by atoms with E-state index < -0.39 is 10.0 Å². The van der Waals surface area contributed by atoms with Crippen LogP contribution in [-0.4, -0.2) is 20.6 Å².